The lowest BCUT2D eigenvalue weighted by Crippen LogP contribution is -2.17. The molecule has 0 spiro atoms. The van der Waals surface area contributed by atoms with Crippen LogP contribution in [0, 0.1) is 5.92 Å². The van der Waals surface area contributed by atoms with Crippen molar-refractivity contribution in [1.82, 2.24) is 5.32 Å². The quantitative estimate of drug-likeness (QED) is 0.871. The molecule has 17 heavy (non-hydrogen) atoms. The van der Waals surface area contributed by atoms with Crippen LogP contribution < -0.4 is 5.32 Å². The molecule has 1 aliphatic heterocycles. The van der Waals surface area contributed by atoms with Gasteiger partial charge in [0.1, 0.15) is 0 Å². The van der Waals surface area contributed by atoms with Crippen LogP contribution in [0.4, 0.5) is 0 Å². The predicted octanol–water partition coefficient (Wildman–Crippen LogP) is 2.64. The van der Waals surface area contributed by atoms with Gasteiger partial charge in [0.05, 0.1) is 5.92 Å². The van der Waals surface area contributed by atoms with Gasteiger partial charge in [-0.2, -0.15) is 0 Å². The van der Waals surface area contributed by atoms with Crippen molar-refractivity contribution in [2.75, 3.05) is 6.54 Å². The van der Waals surface area contributed by atoms with Gasteiger partial charge in [-0.05, 0) is 36.1 Å². The van der Waals surface area contributed by atoms with Gasteiger partial charge in [-0.1, -0.05) is 24.6 Å². The zero-order valence-corrected chi connectivity index (χ0v) is 10.5. The number of benzene rings is 1. The first-order chi connectivity index (χ1) is 8.11. The Morgan fingerprint density at radius 1 is 1.59 bits per heavy atom. The third kappa shape index (κ3) is 2.61. The van der Waals surface area contributed by atoms with E-state index >= 15 is 0 Å². The second kappa shape index (κ2) is 5.07. The van der Waals surface area contributed by atoms with E-state index in [1.807, 2.05) is 18.2 Å². The number of halogens is 1. The summed E-state index contributed by atoms with van der Waals surface area (Å²) in [5.74, 6) is -1.01. The standard InChI is InChI=1S/C13H16ClNO2/c1-2-8-3-4-10(14)6-11(8)12-5-9(7-15-12)13(16)17/h3-4,6,9,12,15H,2,5,7H2,1H3,(H,16,17). The van der Waals surface area contributed by atoms with Crippen molar-refractivity contribution in [2.24, 2.45) is 5.92 Å². The van der Waals surface area contributed by atoms with Crippen LogP contribution in [0.1, 0.15) is 30.5 Å². The zero-order valence-electron chi connectivity index (χ0n) is 9.74. The van der Waals surface area contributed by atoms with Gasteiger partial charge in [0, 0.05) is 17.6 Å². The molecule has 2 atom stereocenters. The normalized spacial score (nSPS) is 23.9. The first-order valence-corrected chi connectivity index (χ1v) is 6.24. The Kier molecular flexibility index (Phi) is 3.69. The largest absolute Gasteiger partial charge is 0.481 e. The zero-order chi connectivity index (χ0) is 12.4. The van der Waals surface area contributed by atoms with Gasteiger partial charge in [0.25, 0.3) is 0 Å². The van der Waals surface area contributed by atoms with Gasteiger partial charge in [-0.25, -0.2) is 0 Å². The Bertz CT molecular complexity index is 433. The maximum absolute atomic E-state index is 10.9. The number of rotatable bonds is 3. The van der Waals surface area contributed by atoms with Crippen LogP contribution in [0.25, 0.3) is 0 Å². The van der Waals surface area contributed by atoms with E-state index in [4.69, 9.17) is 16.7 Å². The predicted molar refractivity (Wildman–Crippen MR) is 67.3 cm³/mol. The number of hydrogen-bond acceptors (Lipinski definition) is 2. The molecule has 1 saturated heterocycles. The smallest absolute Gasteiger partial charge is 0.307 e. The summed E-state index contributed by atoms with van der Waals surface area (Å²) in [6.07, 6.45) is 1.57. The SMILES string of the molecule is CCc1ccc(Cl)cc1C1CC(C(=O)O)CN1. The topological polar surface area (TPSA) is 49.3 Å². The molecule has 0 bridgehead atoms. The summed E-state index contributed by atoms with van der Waals surface area (Å²) in [5, 5.41) is 13.0. The van der Waals surface area contributed by atoms with Crippen LogP contribution in [-0.2, 0) is 11.2 Å². The molecule has 0 radical (unpaired) electrons. The van der Waals surface area contributed by atoms with Crippen molar-refractivity contribution >= 4 is 17.6 Å². The van der Waals surface area contributed by atoms with Crippen molar-refractivity contribution < 1.29 is 9.90 Å². The van der Waals surface area contributed by atoms with E-state index in [9.17, 15) is 4.79 Å². The molecule has 0 aliphatic carbocycles. The fraction of sp³-hybridized carbons (Fsp3) is 0.462. The molecule has 4 heteroatoms. The van der Waals surface area contributed by atoms with E-state index in [1.165, 1.54) is 5.56 Å². The maximum atomic E-state index is 10.9. The van der Waals surface area contributed by atoms with Gasteiger partial charge in [-0.3, -0.25) is 4.79 Å². The summed E-state index contributed by atoms with van der Waals surface area (Å²) < 4.78 is 0. The molecule has 3 nitrogen and oxygen atoms in total. The summed E-state index contributed by atoms with van der Waals surface area (Å²) in [6.45, 7) is 2.63. The first kappa shape index (κ1) is 12.4. The fourth-order valence-electron chi connectivity index (χ4n) is 2.37. The summed E-state index contributed by atoms with van der Waals surface area (Å²) in [5.41, 5.74) is 2.38. The van der Waals surface area contributed by atoms with Crippen LogP contribution in [0.3, 0.4) is 0 Å². The molecule has 0 aromatic heterocycles. The lowest BCUT2D eigenvalue weighted by molar-refractivity contribution is -0.141. The molecule has 92 valence electrons. The van der Waals surface area contributed by atoms with E-state index in [0.29, 0.717) is 18.0 Å². The molecular formula is C13H16ClNO2. The molecule has 1 aromatic rings. The van der Waals surface area contributed by atoms with Crippen molar-refractivity contribution in [1.29, 1.82) is 0 Å². The van der Waals surface area contributed by atoms with Crippen molar-refractivity contribution in [3.05, 3.63) is 34.3 Å². The lowest BCUT2D eigenvalue weighted by Gasteiger charge is -2.15. The highest BCUT2D eigenvalue weighted by Crippen LogP contribution is 2.31. The minimum Gasteiger partial charge on any atom is -0.481 e. The molecule has 1 fully saturated rings. The number of carboxylic acid groups (broad SMARTS) is 1. The minimum absolute atomic E-state index is 0.116. The monoisotopic (exact) mass is 253 g/mol. The Morgan fingerprint density at radius 3 is 2.94 bits per heavy atom. The second-order valence-corrected chi connectivity index (χ2v) is 4.86. The number of aliphatic carboxylic acids is 1. The molecular weight excluding hydrogens is 238 g/mol. The molecule has 0 saturated carbocycles. The van der Waals surface area contributed by atoms with E-state index in [0.717, 1.165) is 12.0 Å². The third-order valence-corrected chi connectivity index (χ3v) is 3.58. The number of aryl methyl sites for hydroxylation is 1. The molecule has 0 amide bonds. The van der Waals surface area contributed by atoms with Crippen LogP contribution >= 0.6 is 11.6 Å². The van der Waals surface area contributed by atoms with Gasteiger partial charge < -0.3 is 10.4 Å². The Morgan fingerprint density at radius 2 is 2.35 bits per heavy atom. The van der Waals surface area contributed by atoms with Gasteiger partial charge in [0.15, 0.2) is 0 Å². The molecule has 2 unspecified atom stereocenters. The molecule has 1 heterocycles. The number of nitrogens with one attached hydrogen (secondary N) is 1. The highest BCUT2D eigenvalue weighted by Gasteiger charge is 2.31. The second-order valence-electron chi connectivity index (χ2n) is 4.43. The van der Waals surface area contributed by atoms with E-state index in [1.54, 1.807) is 0 Å². The van der Waals surface area contributed by atoms with Crippen LogP contribution in [0.5, 0.6) is 0 Å². The maximum Gasteiger partial charge on any atom is 0.307 e. The first-order valence-electron chi connectivity index (χ1n) is 5.86. The van der Waals surface area contributed by atoms with Gasteiger partial charge >= 0.3 is 5.97 Å². The highest BCUT2D eigenvalue weighted by atomic mass is 35.5. The van der Waals surface area contributed by atoms with E-state index in [2.05, 4.69) is 12.2 Å². The van der Waals surface area contributed by atoms with Crippen molar-refractivity contribution in [3.63, 3.8) is 0 Å². The van der Waals surface area contributed by atoms with E-state index in [-0.39, 0.29) is 12.0 Å². The Hall–Kier alpha value is -1.06. The minimum atomic E-state index is -0.722. The van der Waals surface area contributed by atoms with Crippen LogP contribution in [0.2, 0.25) is 5.02 Å². The molecule has 1 aliphatic rings. The Balaban J connectivity index is 2.23. The van der Waals surface area contributed by atoms with E-state index < -0.39 is 5.97 Å². The van der Waals surface area contributed by atoms with Crippen LogP contribution in [0.15, 0.2) is 18.2 Å². The Labute approximate surface area is 106 Å². The lowest BCUT2D eigenvalue weighted by atomic mass is 9.95. The summed E-state index contributed by atoms with van der Waals surface area (Å²) >= 11 is 6.01. The van der Waals surface area contributed by atoms with Crippen molar-refractivity contribution in [3.8, 4) is 0 Å². The number of carbonyl (C=O) groups is 1. The average molecular weight is 254 g/mol. The summed E-state index contributed by atoms with van der Waals surface area (Å²) in [7, 11) is 0. The highest BCUT2D eigenvalue weighted by molar-refractivity contribution is 6.30. The van der Waals surface area contributed by atoms with Gasteiger partial charge in [0.2, 0.25) is 0 Å². The summed E-state index contributed by atoms with van der Waals surface area (Å²) in [6, 6.07) is 5.97. The molecule has 2 N–H and O–H groups in total. The average Bonchev–Trinajstić information content (AvgIpc) is 2.78. The molecule has 2 rings (SSSR count). The third-order valence-electron chi connectivity index (χ3n) is 3.34. The fourth-order valence-corrected chi connectivity index (χ4v) is 2.55. The number of carboxylic acids is 1. The van der Waals surface area contributed by atoms with Crippen molar-refractivity contribution in [2.45, 2.75) is 25.8 Å². The van der Waals surface area contributed by atoms with Gasteiger partial charge in [-0.15, -0.1) is 0 Å². The van der Waals surface area contributed by atoms with Crippen LogP contribution in [-0.4, -0.2) is 17.6 Å². The number of hydrogen-bond donors (Lipinski definition) is 2. The molecule has 1 aromatic carbocycles. The summed E-state index contributed by atoms with van der Waals surface area (Å²) in [4.78, 5) is 10.9.